The van der Waals surface area contributed by atoms with Gasteiger partial charge in [-0.1, -0.05) is 6.07 Å². The van der Waals surface area contributed by atoms with E-state index in [0.29, 0.717) is 6.54 Å². The number of aryl methyl sites for hydroxylation is 1. The summed E-state index contributed by atoms with van der Waals surface area (Å²) in [6, 6.07) is 10.5. The lowest BCUT2D eigenvalue weighted by molar-refractivity contribution is 0.355. The maximum atomic E-state index is 5.82. The normalized spacial score (nSPS) is 13.2. The molecule has 3 N–H and O–H groups in total. The van der Waals surface area contributed by atoms with Crippen LogP contribution in [0, 0.1) is 0 Å². The van der Waals surface area contributed by atoms with Gasteiger partial charge in [0, 0.05) is 24.3 Å². The summed E-state index contributed by atoms with van der Waals surface area (Å²) in [6.07, 6.45) is 2.27. The molecule has 0 atom stereocenters. The van der Waals surface area contributed by atoms with Crippen LogP contribution in [0.4, 0.5) is 5.69 Å². The Labute approximate surface area is 131 Å². The van der Waals surface area contributed by atoms with Gasteiger partial charge in [-0.2, -0.15) is 0 Å². The van der Waals surface area contributed by atoms with Crippen LogP contribution in [-0.4, -0.2) is 20.8 Å². The maximum Gasteiger partial charge on any atom is 0.168 e. The zero-order chi connectivity index (χ0) is 15.5. The van der Waals surface area contributed by atoms with E-state index in [2.05, 4.69) is 29.6 Å². The lowest BCUT2D eigenvalue weighted by Gasteiger charge is -2.20. The lowest BCUT2D eigenvalue weighted by atomic mass is 9.95. The molecule has 1 heterocycles. The zero-order valence-corrected chi connectivity index (χ0v) is 13.1. The highest BCUT2D eigenvalue weighted by molar-refractivity contribution is 5.77. The molecule has 116 valence electrons. The summed E-state index contributed by atoms with van der Waals surface area (Å²) in [7, 11) is 3.32. The van der Waals surface area contributed by atoms with Crippen LogP contribution in [0.1, 0.15) is 17.5 Å². The summed E-state index contributed by atoms with van der Waals surface area (Å²) in [5.41, 5.74) is 11.6. The summed E-state index contributed by atoms with van der Waals surface area (Å²) >= 11 is 0. The van der Waals surface area contributed by atoms with Crippen molar-refractivity contribution in [1.29, 1.82) is 0 Å². The molecule has 3 rings (SSSR count). The highest BCUT2D eigenvalue weighted by Gasteiger charge is 2.16. The fraction of sp³-hybridized carbons (Fsp3) is 0.333. The number of hydrogen-bond donors (Lipinski definition) is 2. The number of hydrogen-bond acceptors (Lipinski definition) is 4. The van der Waals surface area contributed by atoms with Gasteiger partial charge in [0.15, 0.2) is 11.5 Å². The van der Waals surface area contributed by atoms with Crippen molar-refractivity contribution >= 4 is 5.69 Å². The number of ether oxygens (including phenoxy) is 2. The predicted octanol–water partition coefficient (Wildman–Crippen LogP) is 3.19. The Bertz CT molecular complexity index is 683. The molecule has 1 aliphatic rings. The van der Waals surface area contributed by atoms with Gasteiger partial charge < -0.3 is 20.5 Å². The number of methoxy groups -OCH3 is 2. The van der Waals surface area contributed by atoms with Crippen molar-refractivity contribution in [3.63, 3.8) is 0 Å². The third kappa shape index (κ3) is 2.62. The highest BCUT2D eigenvalue weighted by Crippen LogP contribution is 2.40. The van der Waals surface area contributed by atoms with Crippen molar-refractivity contribution < 1.29 is 9.47 Å². The predicted molar refractivity (Wildman–Crippen MR) is 89.7 cm³/mol. The Morgan fingerprint density at radius 3 is 2.73 bits per heavy atom. The molecule has 0 fully saturated rings. The van der Waals surface area contributed by atoms with Crippen molar-refractivity contribution in [2.24, 2.45) is 5.73 Å². The molecule has 0 radical (unpaired) electrons. The molecular formula is C18H22N2O2. The first-order valence-electron chi connectivity index (χ1n) is 7.59. The summed E-state index contributed by atoms with van der Waals surface area (Å²) in [5, 5.41) is 3.44. The van der Waals surface area contributed by atoms with Crippen LogP contribution in [-0.2, 0) is 13.0 Å². The second-order valence-corrected chi connectivity index (χ2v) is 5.49. The number of nitrogens with one attached hydrogen (secondary N) is 1. The van der Waals surface area contributed by atoms with Crippen molar-refractivity contribution in [3.8, 4) is 22.6 Å². The van der Waals surface area contributed by atoms with Gasteiger partial charge in [0.05, 0.1) is 14.2 Å². The third-order valence-corrected chi connectivity index (χ3v) is 4.13. The van der Waals surface area contributed by atoms with E-state index >= 15 is 0 Å². The molecule has 0 spiro atoms. The van der Waals surface area contributed by atoms with Gasteiger partial charge in [-0.25, -0.2) is 0 Å². The fourth-order valence-electron chi connectivity index (χ4n) is 3.00. The van der Waals surface area contributed by atoms with Crippen molar-refractivity contribution in [3.05, 3.63) is 41.5 Å². The van der Waals surface area contributed by atoms with E-state index in [1.54, 1.807) is 14.2 Å². The van der Waals surface area contributed by atoms with E-state index in [4.69, 9.17) is 15.2 Å². The largest absolute Gasteiger partial charge is 0.493 e. The molecule has 4 nitrogen and oxygen atoms in total. The number of benzene rings is 2. The Hall–Kier alpha value is -2.20. The van der Waals surface area contributed by atoms with Gasteiger partial charge in [0.2, 0.25) is 0 Å². The van der Waals surface area contributed by atoms with Crippen molar-refractivity contribution in [2.75, 3.05) is 26.1 Å². The van der Waals surface area contributed by atoms with Crippen LogP contribution in [0.3, 0.4) is 0 Å². The maximum absolute atomic E-state index is 5.82. The average molecular weight is 298 g/mol. The quantitative estimate of drug-likeness (QED) is 0.910. The van der Waals surface area contributed by atoms with Gasteiger partial charge in [0.25, 0.3) is 0 Å². The molecule has 0 aliphatic carbocycles. The molecule has 2 aromatic rings. The molecule has 1 aliphatic heterocycles. The van der Waals surface area contributed by atoms with Gasteiger partial charge >= 0.3 is 0 Å². The first kappa shape index (κ1) is 14.7. The monoisotopic (exact) mass is 298 g/mol. The third-order valence-electron chi connectivity index (χ3n) is 4.13. The highest BCUT2D eigenvalue weighted by atomic mass is 16.5. The second kappa shape index (κ2) is 6.28. The van der Waals surface area contributed by atoms with Gasteiger partial charge in [-0.05, 0) is 53.8 Å². The van der Waals surface area contributed by atoms with Crippen LogP contribution >= 0.6 is 0 Å². The zero-order valence-electron chi connectivity index (χ0n) is 13.1. The molecule has 22 heavy (non-hydrogen) atoms. The van der Waals surface area contributed by atoms with Gasteiger partial charge in [-0.15, -0.1) is 0 Å². The number of rotatable bonds is 4. The molecule has 2 aromatic carbocycles. The molecule has 0 bridgehead atoms. The standard InChI is InChI=1S/C18H22N2O2/c1-21-17-9-12(11-19)8-15(18(17)22-2)13-5-6-16-14(10-13)4-3-7-20-16/h5-6,8-10,20H,3-4,7,11,19H2,1-2H3. The van der Waals surface area contributed by atoms with E-state index in [-0.39, 0.29) is 0 Å². The summed E-state index contributed by atoms with van der Waals surface area (Å²) < 4.78 is 11.0. The van der Waals surface area contributed by atoms with Gasteiger partial charge in [0.1, 0.15) is 0 Å². The van der Waals surface area contributed by atoms with Crippen LogP contribution in [0.15, 0.2) is 30.3 Å². The first-order valence-corrected chi connectivity index (χ1v) is 7.59. The van der Waals surface area contributed by atoms with E-state index < -0.39 is 0 Å². The Morgan fingerprint density at radius 2 is 2.00 bits per heavy atom. The number of fused-ring (bicyclic) bond motifs is 1. The fourth-order valence-corrected chi connectivity index (χ4v) is 3.00. The number of anilines is 1. The Balaban J connectivity index is 2.14. The van der Waals surface area contributed by atoms with E-state index in [9.17, 15) is 0 Å². The number of nitrogens with two attached hydrogens (primary N) is 1. The molecule has 0 saturated carbocycles. The lowest BCUT2D eigenvalue weighted by Crippen LogP contribution is -2.11. The Kier molecular flexibility index (Phi) is 4.20. The summed E-state index contributed by atoms with van der Waals surface area (Å²) in [5.74, 6) is 1.47. The van der Waals surface area contributed by atoms with Crippen LogP contribution in [0.2, 0.25) is 0 Å². The van der Waals surface area contributed by atoms with Crippen molar-refractivity contribution in [2.45, 2.75) is 19.4 Å². The minimum Gasteiger partial charge on any atom is -0.493 e. The van der Waals surface area contributed by atoms with E-state index in [1.165, 1.54) is 17.7 Å². The van der Waals surface area contributed by atoms with E-state index in [1.807, 2.05) is 6.07 Å². The molecule has 0 amide bonds. The topological polar surface area (TPSA) is 56.5 Å². The smallest absolute Gasteiger partial charge is 0.168 e. The average Bonchev–Trinajstić information content (AvgIpc) is 2.59. The first-order chi connectivity index (χ1) is 10.8. The van der Waals surface area contributed by atoms with E-state index in [0.717, 1.165) is 41.2 Å². The molecule has 0 saturated heterocycles. The molecule has 4 heteroatoms. The van der Waals surface area contributed by atoms with Crippen LogP contribution in [0.25, 0.3) is 11.1 Å². The minimum atomic E-state index is 0.472. The summed E-state index contributed by atoms with van der Waals surface area (Å²) in [6.45, 7) is 1.52. The summed E-state index contributed by atoms with van der Waals surface area (Å²) in [4.78, 5) is 0. The van der Waals surface area contributed by atoms with Crippen molar-refractivity contribution in [1.82, 2.24) is 0 Å². The minimum absolute atomic E-state index is 0.472. The molecule has 0 unspecified atom stereocenters. The van der Waals surface area contributed by atoms with Crippen LogP contribution < -0.4 is 20.5 Å². The molecular weight excluding hydrogens is 276 g/mol. The molecule has 0 aromatic heterocycles. The Morgan fingerprint density at radius 1 is 1.14 bits per heavy atom. The van der Waals surface area contributed by atoms with Gasteiger partial charge in [-0.3, -0.25) is 0 Å². The second-order valence-electron chi connectivity index (χ2n) is 5.49. The SMILES string of the molecule is COc1cc(CN)cc(-c2ccc3c(c2)CCCN3)c1OC. The van der Waals surface area contributed by atoms with Crippen LogP contribution in [0.5, 0.6) is 11.5 Å².